The lowest BCUT2D eigenvalue weighted by Crippen LogP contribution is -2.28. The van der Waals surface area contributed by atoms with Crippen LogP contribution in [-0.4, -0.2) is 56.1 Å². The molecule has 20 heavy (non-hydrogen) atoms. The van der Waals surface area contributed by atoms with Crippen LogP contribution in [0.4, 0.5) is 0 Å². The second-order valence-corrected chi connectivity index (χ2v) is 4.37. The number of methoxy groups -OCH3 is 2. The van der Waals surface area contributed by atoms with Crippen LogP contribution in [0, 0.1) is 0 Å². The van der Waals surface area contributed by atoms with E-state index in [0.29, 0.717) is 23.6 Å². The lowest BCUT2D eigenvalue weighted by atomic mass is 10.1. The van der Waals surface area contributed by atoms with E-state index in [2.05, 4.69) is 0 Å². The first-order valence-electron chi connectivity index (χ1n) is 6.13. The number of rotatable bonds is 8. The lowest BCUT2D eigenvalue weighted by molar-refractivity contribution is -0.137. The van der Waals surface area contributed by atoms with E-state index < -0.39 is 5.97 Å². The molecule has 6 nitrogen and oxygen atoms in total. The highest BCUT2D eigenvalue weighted by molar-refractivity contribution is 6.00. The number of Topliss-reactive ketones (excluding diaryl/α,β-unsaturated/α-hetero) is 1. The fourth-order valence-corrected chi connectivity index (χ4v) is 1.73. The van der Waals surface area contributed by atoms with Gasteiger partial charge in [0.05, 0.1) is 32.7 Å². The minimum Gasteiger partial charge on any atom is -0.497 e. The number of nitrogens with zero attached hydrogens (tertiary/aromatic N) is 1. The van der Waals surface area contributed by atoms with Gasteiger partial charge in [-0.15, -0.1) is 0 Å². The molecule has 1 rings (SSSR count). The van der Waals surface area contributed by atoms with Gasteiger partial charge in [-0.1, -0.05) is 0 Å². The van der Waals surface area contributed by atoms with Gasteiger partial charge < -0.3 is 14.6 Å². The van der Waals surface area contributed by atoms with Crippen molar-refractivity contribution in [2.75, 3.05) is 34.4 Å². The number of hydrogen-bond acceptors (Lipinski definition) is 5. The summed E-state index contributed by atoms with van der Waals surface area (Å²) in [5.74, 6) is 0.0154. The van der Waals surface area contributed by atoms with E-state index >= 15 is 0 Å². The van der Waals surface area contributed by atoms with Gasteiger partial charge in [0.15, 0.2) is 5.78 Å². The standard InChI is InChI=1S/C14H19NO5/c1-15(7-6-14(17)18)9-12(16)11-8-10(19-2)4-5-13(11)20-3/h4-5,8H,6-7,9H2,1-3H3,(H,17,18). The number of carboxylic acid groups (broad SMARTS) is 1. The summed E-state index contributed by atoms with van der Waals surface area (Å²) in [5.41, 5.74) is 0.425. The van der Waals surface area contributed by atoms with Gasteiger partial charge >= 0.3 is 5.97 Å². The summed E-state index contributed by atoms with van der Waals surface area (Å²) in [6, 6.07) is 5.00. The molecule has 1 aromatic carbocycles. The first-order valence-corrected chi connectivity index (χ1v) is 6.13. The van der Waals surface area contributed by atoms with E-state index in [4.69, 9.17) is 14.6 Å². The van der Waals surface area contributed by atoms with Gasteiger partial charge in [-0.2, -0.15) is 0 Å². The van der Waals surface area contributed by atoms with Crippen LogP contribution in [0.2, 0.25) is 0 Å². The number of aliphatic carboxylic acids is 1. The zero-order valence-electron chi connectivity index (χ0n) is 11.9. The minimum atomic E-state index is -0.886. The van der Waals surface area contributed by atoms with Gasteiger partial charge in [0, 0.05) is 6.54 Å². The molecule has 0 amide bonds. The zero-order valence-corrected chi connectivity index (χ0v) is 11.9. The van der Waals surface area contributed by atoms with E-state index in [1.54, 1.807) is 30.1 Å². The molecule has 0 unspecified atom stereocenters. The smallest absolute Gasteiger partial charge is 0.304 e. The summed E-state index contributed by atoms with van der Waals surface area (Å²) in [7, 11) is 4.72. The van der Waals surface area contributed by atoms with Crippen LogP contribution in [0.15, 0.2) is 18.2 Å². The molecule has 110 valence electrons. The summed E-state index contributed by atoms with van der Waals surface area (Å²) in [6.45, 7) is 0.435. The van der Waals surface area contributed by atoms with Crippen LogP contribution in [-0.2, 0) is 4.79 Å². The molecule has 1 N–H and O–H groups in total. The third-order valence-corrected chi connectivity index (χ3v) is 2.83. The first kappa shape index (κ1) is 16.0. The maximum Gasteiger partial charge on any atom is 0.304 e. The molecule has 0 saturated heterocycles. The molecule has 0 aliphatic heterocycles. The van der Waals surface area contributed by atoms with Gasteiger partial charge in [-0.25, -0.2) is 0 Å². The van der Waals surface area contributed by atoms with E-state index in [9.17, 15) is 9.59 Å². The molecule has 0 aromatic heterocycles. The van der Waals surface area contributed by atoms with Crippen molar-refractivity contribution in [3.05, 3.63) is 23.8 Å². The van der Waals surface area contributed by atoms with Crippen molar-refractivity contribution < 1.29 is 24.2 Å². The van der Waals surface area contributed by atoms with E-state index in [0.717, 1.165) is 0 Å². The SMILES string of the molecule is COc1ccc(OC)c(C(=O)CN(C)CCC(=O)O)c1. The quantitative estimate of drug-likeness (QED) is 0.724. The molecule has 0 aliphatic carbocycles. The maximum absolute atomic E-state index is 12.2. The van der Waals surface area contributed by atoms with Crippen molar-refractivity contribution in [2.45, 2.75) is 6.42 Å². The summed E-state index contributed by atoms with van der Waals surface area (Å²) in [6.07, 6.45) is -0.000967. The Morgan fingerprint density at radius 3 is 2.50 bits per heavy atom. The van der Waals surface area contributed by atoms with Crippen molar-refractivity contribution >= 4 is 11.8 Å². The van der Waals surface area contributed by atoms with Crippen molar-refractivity contribution in [1.29, 1.82) is 0 Å². The molecule has 0 spiro atoms. The maximum atomic E-state index is 12.2. The second-order valence-electron chi connectivity index (χ2n) is 4.37. The third-order valence-electron chi connectivity index (χ3n) is 2.83. The molecule has 0 heterocycles. The largest absolute Gasteiger partial charge is 0.497 e. The van der Waals surface area contributed by atoms with Gasteiger partial charge in [0.2, 0.25) is 0 Å². The summed E-state index contributed by atoms with van der Waals surface area (Å²) in [5, 5.41) is 8.62. The molecular weight excluding hydrogens is 262 g/mol. The number of benzene rings is 1. The van der Waals surface area contributed by atoms with Crippen LogP contribution in [0.3, 0.4) is 0 Å². The van der Waals surface area contributed by atoms with E-state index in [-0.39, 0.29) is 18.7 Å². The Morgan fingerprint density at radius 2 is 1.95 bits per heavy atom. The molecule has 0 bridgehead atoms. The van der Waals surface area contributed by atoms with Crippen molar-refractivity contribution in [2.24, 2.45) is 0 Å². The Morgan fingerprint density at radius 1 is 1.25 bits per heavy atom. The number of carbonyl (C=O) groups excluding carboxylic acids is 1. The van der Waals surface area contributed by atoms with Gasteiger partial charge in [-0.05, 0) is 25.2 Å². The molecular formula is C14H19NO5. The zero-order chi connectivity index (χ0) is 15.1. The Hall–Kier alpha value is -2.08. The normalized spacial score (nSPS) is 10.4. The molecule has 0 atom stereocenters. The Balaban J connectivity index is 2.77. The molecule has 1 aromatic rings. The Kier molecular flexibility index (Phi) is 5.99. The van der Waals surface area contributed by atoms with Crippen LogP contribution in [0.5, 0.6) is 11.5 Å². The van der Waals surface area contributed by atoms with Crippen LogP contribution in [0.1, 0.15) is 16.8 Å². The first-order chi connectivity index (χ1) is 9.47. The number of ether oxygens (including phenoxy) is 2. The van der Waals surface area contributed by atoms with Crippen LogP contribution < -0.4 is 9.47 Å². The van der Waals surface area contributed by atoms with Crippen molar-refractivity contribution in [1.82, 2.24) is 4.90 Å². The van der Waals surface area contributed by atoms with Gasteiger partial charge in [0.1, 0.15) is 11.5 Å². The van der Waals surface area contributed by atoms with Gasteiger partial charge in [0.25, 0.3) is 0 Å². The molecule has 0 saturated carbocycles. The molecule has 0 aliphatic rings. The summed E-state index contributed by atoms with van der Waals surface area (Å²) >= 11 is 0. The highest BCUT2D eigenvalue weighted by Gasteiger charge is 2.16. The average Bonchev–Trinajstić information content (AvgIpc) is 2.44. The predicted molar refractivity (Wildman–Crippen MR) is 73.6 cm³/mol. The summed E-state index contributed by atoms with van der Waals surface area (Å²) < 4.78 is 10.2. The van der Waals surface area contributed by atoms with Crippen LogP contribution >= 0.6 is 0 Å². The number of carbonyl (C=O) groups is 2. The number of hydrogen-bond donors (Lipinski definition) is 1. The van der Waals surface area contributed by atoms with Gasteiger partial charge in [-0.3, -0.25) is 14.5 Å². The molecule has 0 radical (unpaired) electrons. The van der Waals surface area contributed by atoms with E-state index in [1.807, 2.05) is 0 Å². The fraction of sp³-hybridized carbons (Fsp3) is 0.429. The highest BCUT2D eigenvalue weighted by Crippen LogP contribution is 2.24. The lowest BCUT2D eigenvalue weighted by Gasteiger charge is -2.16. The summed E-state index contributed by atoms with van der Waals surface area (Å²) in [4.78, 5) is 24.4. The molecule has 0 fully saturated rings. The number of likely N-dealkylation sites (N-methyl/N-ethyl adjacent to an activating group) is 1. The fourth-order valence-electron chi connectivity index (χ4n) is 1.73. The van der Waals surface area contributed by atoms with Crippen molar-refractivity contribution in [3.63, 3.8) is 0 Å². The van der Waals surface area contributed by atoms with Crippen LogP contribution in [0.25, 0.3) is 0 Å². The molecule has 6 heteroatoms. The number of ketones is 1. The Bertz CT molecular complexity index is 486. The van der Waals surface area contributed by atoms with E-state index in [1.165, 1.54) is 14.2 Å². The van der Waals surface area contributed by atoms with Crippen molar-refractivity contribution in [3.8, 4) is 11.5 Å². The second kappa shape index (κ2) is 7.49. The third kappa shape index (κ3) is 4.55. The monoisotopic (exact) mass is 281 g/mol. The minimum absolute atomic E-state index is 0.000967. The average molecular weight is 281 g/mol. The number of carboxylic acids is 1. The Labute approximate surface area is 117 Å². The topological polar surface area (TPSA) is 76.1 Å². The predicted octanol–water partition coefficient (Wildman–Crippen LogP) is 1.29. The highest BCUT2D eigenvalue weighted by atomic mass is 16.5.